The maximum atomic E-state index is 3.66. The number of rotatable bonds is 4. The average Bonchev–Trinajstić information content (AvgIpc) is 2.80. The average molecular weight is 381 g/mol. The molecule has 2 aliphatic heterocycles. The minimum atomic E-state index is 0.510. The molecule has 2 aliphatic rings. The first kappa shape index (κ1) is 18.2. The first-order valence-electron chi connectivity index (χ1n) is 10.7. The summed E-state index contributed by atoms with van der Waals surface area (Å²) in [4.78, 5) is 2.50. The highest BCUT2D eigenvalue weighted by Gasteiger charge is 2.18. The van der Waals surface area contributed by atoms with E-state index in [1.165, 1.54) is 33.5 Å². The lowest BCUT2D eigenvalue weighted by molar-refractivity contribution is 0.533. The van der Waals surface area contributed by atoms with E-state index in [-0.39, 0.29) is 0 Å². The summed E-state index contributed by atoms with van der Waals surface area (Å²) < 4.78 is 0. The number of anilines is 1. The zero-order valence-electron chi connectivity index (χ0n) is 16.9. The van der Waals surface area contributed by atoms with Gasteiger partial charge >= 0.3 is 0 Å². The Morgan fingerprint density at radius 1 is 0.828 bits per heavy atom. The fraction of sp³-hybridized carbons (Fsp3) is 0.259. The van der Waals surface area contributed by atoms with Crippen LogP contribution in [-0.2, 0) is 19.4 Å². The molecule has 0 aliphatic carbocycles. The van der Waals surface area contributed by atoms with E-state index in [0.717, 1.165) is 38.9 Å². The Morgan fingerprint density at radius 2 is 1.59 bits per heavy atom. The molecule has 0 fully saturated rings. The van der Waals surface area contributed by atoms with Gasteiger partial charge in [0.25, 0.3) is 0 Å². The van der Waals surface area contributed by atoms with Gasteiger partial charge in [-0.2, -0.15) is 0 Å². The Morgan fingerprint density at radius 3 is 2.41 bits per heavy atom. The van der Waals surface area contributed by atoms with Gasteiger partial charge in [-0.1, -0.05) is 72.8 Å². The van der Waals surface area contributed by atoms with Crippen molar-refractivity contribution in [2.24, 2.45) is 0 Å². The maximum Gasteiger partial charge on any atom is 0.0432 e. The van der Waals surface area contributed by atoms with Crippen molar-refractivity contribution < 1.29 is 0 Å². The van der Waals surface area contributed by atoms with Crippen LogP contribution in [0, 0.1) is 0 Å². The van der Waals surface area contributed by atoms with Crippen LogP contribution in [0.5, 0.6) is 0 Å². The maximum absolute atomic E-state index is 3.66. The summed E-state index contributed by atoms with van der Waals surface area (Å²) >= 11 is 0. The summed E-state index contributed by atoms with van der Waals surface area (Å²) in [5.41, 5.74) is 8.55. The van der Waals surface area contributed by atoms with Crippen molar-refractivity contribution in [3.8, 4) is 0 Å². The lowest BCUT2D eigenvalue weighted by Gasteiger charge is -2.31. The van der Waals surface area contributed by atoms with Crippen LogP contribution in [0.25, 0.3) is 5.57 Å². The van der Waals surface area contributed by atoms with Crippen molar-refractivity contribution >= 4 is 11.3 Å². The Kier molecular flexibility index (Phi) is 5.19. The van der Waals surface area contributed by atoms with Crippen LogP contribution in [0.15, 0.2) is 84.9 Å². The second-order valence-electron chi connectivity index (χ2n) is 8.22. The third-order valence-electron chi connectivity index (χ3n) is 6.28. The molecule has 1 unspecified atom stereocenters. The molecule has 1 atom stereocenters. The molecule has 0 aromatic heterocycles. The van der Waals surface area contributed by atoms with E-state index in [1.807, 2.05) is 0 Å². The second-order valence-corrected chi connectivity index (χ2v) is 8.22. The van der Waals surface area contributed by atoms with Crippen molar-refractivity contribution in [2.75, 3.05) is 18.0 Å². The Hall–Kier alpha value is -2.84. The van der Waals surface area contributed by atoms with Gasteiger partial charge in [-0.25, -0.2) is 0 Å². The summed E-state index contributed by atoms with van der Waals surface area (Å²) in [6, 6.07) is 29.4. The van der Waals surface area contributed by atoms with E-state index in [1.54, 1.807) is 0 Å². The molecule has 2 nitrogen and oxygen atoms in total. The normalized spacial score (nSPS) is 18.8. The SMILES string of the molecule is C1=C(c2ccc(N3CCc4ccccc4C3)cc2)CC(Cc2ccccc2)NC1. The Labute approximate surface area is 173 Å². The van der Waals surface area contributed by atoms with Gasteiger partial charge in [0.2, 0.25) is 0 Å². The molecule has 0 saturated carbocycles. The van der Waals surface area contributed by atoms with Crippen molar-refractivity contribution in [2.45, 2.75) is 31.8 Å². The number of nitrogens with zero attached hydrogens (tertiary/aromatic N) is 1. The van der Waals surface area contributed by atoms with E-state index < -0.39 is 0 Å². The molecule has 0 bridgehead atoms. The van der Waals surface area contributed by atoms with Crippen LogP contribution in [-0.4, -0.2) is 19.1 Å². The molecule has 2 heterocycles. The summed E-state index contributed by atoms with van der Waals surface area (Å²) in [5.74, 6) is 0. The van der Waals surface area contributed by atoms with Gasteiger partial charge in [0.15, 0.2) is 0 Å². The fourth-order valence-electron chi connectivity index (χ4n) is 4.65. The summed E-state index contributed by atoms with van der Waals surface area (Å²) in [6.45, 7) is 3.07. The summed E-state index contributed by atoms with van der Waals surface area (Å²) in [6.07, 6.45) is 5.67. The Balaban J connectivity index is 1.26. The number of benzene rings is 3. The molecule has 1 N–H and O–H groups in total. The van der Waals surface area contributed by atoms with Crippen molar-refractivity contribution in [1.29, 1.82) is 0 Å². The highest BCUT2D eigenvalue weighted by molar-refractivity contribution is 5.69. The van der Waals surface area contributed by atoms with Gasteiger partial charge in [0.1, 0.15) is 0 Å². The van der Waals surface area contributed by atoms with E-state index in [4.69, 9.17) is 0 Å². The highest BCUT2D eigenvalue weighted by atomic mass is 15.1. The van der Waals surface area contributed by atoms with Crippen LogP contribution in [0.1, 0.15) is 28.7 Å². The molecule has 0 radical (unpaired) electrons. The lowest BCUT2D eigenvalue weighted by atomic mass is 9.91. The van der Waals surface area contributed by atoms with Crippen molar-refractivity contribution in [3.05, 3.63) is 107 Å². The first-order valence-corrected chi connectivity index (χ1v) is 10.7. The van der Waals surface area contributed by atoms with Crippen molar-refractivity contribution in [3.63, 3.8) is 0 Å². The zero-order valence-corrected chi connectivity index (χ0v) is 16.9. The van der Waals surface area contributed by atoms with E-state index in [2.05, 4.69) is 95.2 Å². The second kappa shape index (κ2) is 8.26. The molecule has 5 rings (SSSR count). The summed E-state index contributed by atoms with van der Waals surface area (Å²) in [7, 11) is 0. The highest BCUT2D eigenvalue weighted by Crippen LogP contribution is 2.28. The fourth-order valence-corrected chi connectivity index (χ4v) is 4.65. The van der Waals surface area contributed by atoms with Gasteiger partial charge < -0.3 is 10.2 Å². The largest absolute Gasteiger partial charge is 0.367 e. The van der Waals surface area contributed by atoms with E-state index in [0.29, 0.717) is 6.04 Å². The first-order chi connectivity index (χ1) is 14.3. The van der Waals surface area contributed by atoms with Crippen molar-refractivity contribution in [1.82, 2.24) is 5.32 Å². The van der Waals surface area contributed by atoms with Crippen LogP contribution >= 0.6 is 0 Å². The minimum Gasteiger partial charge on any atom is -0.367 e. The molecule has 29 heavy (non-hydrogen) atoms. The topological polar surface area (TPSA) is 15.3 Å². The third kappa shape index (κ3) is 4.13. The molecule has 3 aromatic carbocycles. The number of fused-ring (bicyclic) bond motifs is 1. The lowest BCUT2D eigenvalue weighted by Crippen LogP contribution is -2.34. The van der Waals surface area contributed by atoms with Gasteiger partial charge in [0.05, 0.1) is 0 Å². The van der Waals surface area contributed by atoms with Gasteiger partial charge in [-0.3, -0.25) is 0 Å². The molecular formula is C27H28N2. The summed E-state index contributed by atoms with van der Waals surface area (Å²) in [5, 5.41) is 3.66. The standard InChI is InChI=1S/C27H28N2/c1-2-6-21(7-3-1)18-26-19-24(14-16-28-26)23-10-12-27(13-11-23)29-17-15-22-8-4-5-9-25(22)20-29/h1-14,26,28H,15-20H2. The molecule has 2 heteroatoms. The number of nitrogens with one attached hydrogen (secondary N) is 1. The van der Waals surface area contributed by atoms with E-state index in [9.17, 15) is 0 Å². The predicted molar refractivity (Wildman–Crippen MR) is 122 cm³/mol. The molecule has 0 spiro atoms. The van der Waals surface area contributed by atoms with Gasteiger partial charge in [0, 0.05) is 31.4 Å². The number of hydrogen-bond acceptors (Lipinski definition) is 2. The zero-order chi connectivity index (χ0) is 19.5. The van der Waals surface area contributed by atoms with Gasteiger partial charge in [-0.15, -0.1) is 0 Å². The van der Waals surface area contributed by atoms with Crippen LogP contribution in [0.3, 0.4) is 0 Å². The molecular weight excluding hydrogens is 352 g/mol. The Bertz CT molecular complexity index is 989. The number of hydrogen-bond donors (Lipinski definition) is 1. The molecule has 146 valence electrons. The van der Waals surface area contributed by atoms with Crippen LogP contribution < -0.4 is 10.2 Å². The van der Waals surface area contributed by atoms with E-state index >= 15 is 0 Å². The smallest absolute Gasteiger partial charge is 0.0432 e. The van der Waals surface area contributed by atoms with Crippen LogP contribution in [0.2, 0.25) is 0 Å². The minimum absolute atomic E-state index is 0.510. The monoisotopic (exact) mass is 380 g/mol. The quantitative estimate of drug-likeness (QED) is 0.666. The molecule has 3 aromatic rings. The molecule has 0 amide bonds. The van der Waals surface area contributed by atoms with Crippen LogP contribution in [0.4, 0.5) is 5.69 Å². The van der Waals surface area contributed by atoms with Gasteiger partial charge in [-0.05, 0) is 59.2 Å². The predicted octanol–water partition coefficient (Wildman–Crippen LogP) is 5.24. The third-order valence-corrected chi connectivity index (χ3v) is 6.28. The molecule has 0 saturated heterocycles.